The Morgan fingerprint density at radius 3 is 2.54 bits per heavy atom. The number of aryl methyl sites for hydroxylation is 1. The van der Waals surface area contributed by atoms with Crippen LogP contribution in [0.4, 0.5) is 8.78 Å². The van der Waals surface area contributed by atoms with Gasteiger partial charge in [0.15, 0.2) is 5.65 Å². The summed E-state index contributed by atoms with van der Waals surface area (Å²) in [5, 5.41) is 0.594. The molecule has 37 heavy (non-hydrogen) atoms. The van der Waals surface area contributed by atoms with E-state index in [1.807, 2.05) is 29.8 Å². The number of hydrogen-bond donors (Lipinski definition) is 0. The van der Waals surface area contributed by atoms with Gasteiger partial charge in [0.1, 0.15) is 18.2 Å². The van der Waals surface area contributed by atoms with Crippen LogP contribution in [-0.2, 0) is 18.4 Å². The van der Waals surface area contributed by atoms with E-state index in [1.165, 1.54) is 28.8 Å². The lowest BCUT2D eigenvalue weighted by atomic mass is 10.0. The molecule has 3 heterocycles. The monoisotopic (exact) mass is 507 g/mol. The minimum absolute atomic E-state index is 0.0228. The first kappa shape index (κ1) is 24.3. The normalized spacial score (nSPS) is 11.5. The molecule has 9 nitrogen and oxygen atoms in total. The van der Waals surface area contributed by atoms with E-state index in [9.17, 15) is 13.6 Å². The predicted octanol–water partition coefficient (Wildman–Crippen LogP) is 4.48. The van der Waals surface area contributed by atoms with Crippen molar-refractivity contribution < 1.29 is 23.0 Å². The van der Waals surface area contributed by atoms with Gasteiger partial charge in [-0.15, -0.1) is 0 Å². The van der Waals surface area contributed by atoms with Gasteiger partial charge in [-0.3, -0.25) is 9.36 Å². The molecular formula is C26H23F2N5O4. The molecule has 0 aliphatic carbocycles. The van der Waals surface area contributed by atoms with E-state index in [-0.39, 0.29) is 17.3 Å². The van der Waals surface area contributed by atoms with Gasteiger partial charge < -0.3 is 18.8 Å². The second-order valence-electron chi connectivity index (χ2n) is 8.16. The van der Waals surface area contributed by atoms with Crippen LogP contribution in [0.25, 0.3) is 38.9 Å². The zero-order chi connectivity index (χ0) is 26.1. The number of methoxy groups -OCH3 is 1. The Morgan fingerprint density at radius 1 is 1.05 bits per heavy atom. The van der Waals surface area contributed by atoms with E-state index >= 15 is 0 Å². The van der Waals surface area contributed by atoms with Crippen molar-refractivity contribution in [2.45, 2.75) is 20.1 Å². The number of halogens is 2. The molecular weight excluding hydrogens is 484 g/mol. The summed E-state index contributed by atoms with van der Waals surface area (Å²) in [7, 11) is 3.49. The molecule has 0 aliphatic rings. The van der Waals surface area contributed by atoms with Gasteiger partial charge in [-0.1, -0.05) is 6.07 Å². The average Bonchev–Trinajstić information content (AvgIpc) is 3.19. The Labute approximate surface area is 209 Å². The molecule has 0 atom stereocenters. The highest BCUT2D eigenvalue weighted by atomic mass is 19.3. The highest BCUT2D eigenvalue weighted by Gasteiger charge is 2.17. The van der Waals surface area contributed by atoms with Gasteiger partial charge in [0.25, 0.3) is 5.56 Å². The molecule has 3 aromatic heterocycles. The fraction of sp³-hybridized carbons (Fsp3) is 0.231. The standard InChI is InChI=1S/C26H23F2N5O4/c1-4-36-26-29-13-16-11-19(15-5-10-20-21(12-15)32(2)22(30-20)14-35-3)24(34)33(23(16)31-26)17-6-8-18(9-7-17)37-25(27)28/h5-13,25H,4,14H2,1-3H3. The summed E-state index contributed by atoms with van der Waals surface area (Å²) in [6.07, 6.45) is 1.58. The number of rotatable bonds is 8. The van der Waals surface area contributed by atoms with Crippen molar-refractivity contribution in [2.75, 3.05) is 13.7 Å². The highest BCUT2D eigenvalue weighted by molar-refractivity contribution is 5.86. The average molecular weight is 507 g/mol. The van der Waals surface area contributed by atoms with Crippen molar-refractivity contribution in [2.24, 2.45) is 7.05 Å². The number of nitrogens with zero attached hydrogens (tertiary/aromatic N) is 5. The quantitative estimate of drug-likeness (QED) is 0.306. The Hall–Kier alpha value is -4.38. The molecule has 0 fully saturated rings. The van der Waals surface area contributed by atoms with E-state index in [0.717, 1.165) is 16.9 Å². The van der Waals surface area contributed by atoms with Crippen molar-refractivity contribution in [3.63, 3.8) is 0 Å². The molecule has 11 heteroatoms. The van der Waals surface area contributed by atoms with Gasteiger partial charge >= 0.3 is 12.6 Å². The zero-order valence-corrected chi connectivity index (χ0v) is 20.3. The number of ether oxygens (including phenoxy) is 3. The van der Waals surface area contributed by atoms with Crippen molar-refractivity contribution in [1.82, 2.24) is 24.1 Å². The molecule has 0 radical (unpaired) electrons. The number of pyridine rings is 1. The number of fused-ring (bicyclic) bond motifs is 2. The number of alkyl halides is 2. The van der Waals surface area contributed by atoms with E-state index < -0.39 is 6.61 Å². The maximum atomic E-state index is 13.9. The number of aromatic nitrogens is 5. The third kappa shape index (κ3) is 4.60. The largest absolute Gasteiger partial charge is 0.464 e. The van der Waals surface area contributed by atoms with Crippen molar-refractivity contribution in [1.29, 1.82) is 0 Å². The predicted molar refractivity (Wildman–Crippen MR) is 133 cm³/mol. The summed E-state index contributed by atoms with van der Waals surface area (Å²) in [4.78, 5) is 27.2. The molecule has 0 saturated carbocycles. The lowest BCUT2D eigenvalue weighted by Gasteiger charge is -2.14. The molecule has 0 spiro atoms. The molecule has 0 amide bonds. The van der Waals surface area contributed by atoms with E-state index in [4.69, 9.17) is 9.47 Å². The first-order valence-electron chi connectivity index (χ1n) is 11.4. The molecule has 0 N–H and O–H groups in total. The third-order valence-corrected chi connectivity index (χ3v) is 5.87. The third-order valence-electron chi connectivity index (χ3n) is 5.87. The fourth-order valence-electron chi connectivity index (χ4n) is 4.17. The van der Waals surface area contributed by atoms with E-state index in [1.54, 1.807) is 26.3 Å². The van der Waals surface area contributed by atoms with Gasteiger partial charge in [0.05, 0.1) is 23.3 Å². The molecule has 2 aromatic carbocycles. The Bertz CT molecular complexity index is 1650. The lowest BCUT2D eigenvalue weighted by Crippen LogP contribution is -2.21. The molecule has 0 unspecified atom stereocenters. The van der Waals surface area contributed by atoms with Crippen molar-refractivity contribution >= 4 is 22.1 Å². The Kier molecular flexibility index (Phi) is 6.53. The molecule has 5 aromatic rings. The zero-order valence-electron chi connectivity index (χ0n) is 20.3. The molecule has 0 saturated heterocycles. The van der Waals surface area contributed by atoms with E-state index in [0.29, 0.717) is 41.1 Å². The maximum Gasteiger partial charge on any atom is 0.387 e. The smallest absolute Gasteiger partial charge is 0.387 e. The van der Waals surface area contributed by atoms with Crippen molar-refractivity contribution in [3.8, 4) is 28.6 Å². The van der Waals surface area contributed by atoms with E-state index in [2.05, 4.69) is 19.7 Å². The van der Waals surface area contributed by atoms with Crippen LogP contribution in [0, 0.1) is 0 Å². The lowest BCUT2D eigenvalue weighted by molar-refractivity contribution is -0.0498. The summed E-state index contributed by atoms with van der Waals surface area (Å²) in [6.45, 7) is -0.444. The summed E-state index contributed by atoms with van der Waals surface area (Å²) in [6, 6.07) is 13.2. The molecule has 5 rings (SSSR count). The molecule has 190 valence electrons. The van der Waals surface area contributed by atoms with Crippen LogP contribution in [0.15, 0.2) is 59.5 Å². The van der Waals surface area contributed by atoms with Crippen LogP contribution in [-0.4, -0.2) is 44.4 Å². The van der Waals surface area contributed by atoms with Crippen LogP contribution in [0.3, 0.4) is 0 Å². The van der Waals surface area contributed by atoms with Crippen LogP contribution >= 0.6 is 0 Å². The molecule has 0 bridgehead atoms. The summed E-state index contributed by atoms with van der Waals surface area (Å²) >= 11 is 0. The van der Waals surface area contributed by atoms with Gasteiger partial charge in [-0.05, 0) is 55.0 Å². The van der Waals surface area contributed by atoms with Crippen LogP contribution in [0.1, 0.15) is 12.7 Å². The summed E-state index contributed by atoms with van der Waals surface area (Å²) in [5.74, 6) is 0.735. The summed E-state index contributed by atoms with van der Waals surface area (Å²) in [5.41, 5.74) is 3.08. The maximum absolute atomic E-state index is 13.9. The highest BCUT2D eigenvalue weighted by Crippen LogP contribution is 2.27. The Morgan fingerprint density at radius 2 is 1.84 bits per heavy atom. The second-order valence-corrected chi connectivity index (χ2v) is 8.16. The Balaban J connectivity index is 1.72. The van der Waals surface area contributed by atoms with Gasteiger partial charge in [0.2, 0.25) is 0 Å². The topological polar surface area (TPSA) is 93.3 Å². The second kappa shape index (κ2) is 9.94. The van der Waals surface area contributed by atoms with Crippen molar-refractivity contribution in [3.05, 3.63) is 70.9 Å². The first-order valence-corrected chi connectivity index (χ1v) is 11.4. The van der Waals surface area contributed by atoms with Gasteiger partial charge in [0, 0.05) is 31.3 Å². The SMILES string of the molecule is CCOc1ncc2cc(-c3ccc4nc(COC)n(C)c4c3)c(=O)n(-c3ccc(OC(F)F)cc3)c2n1. The van der Waals surface area contributed by atoms with Crippen LogP contribution in [0.2, 0.25) is 0 Å². The van der Waals surface area contributed by atoms with Crippen LogP contribution in [0.5, 0.6) is 11.8 Å². The fourth-order valence-corrected chi connectivity index (χ4v) is 4.17. The van der Waals surface area contributed by atoms with Gasteiger partial charge in [-0.25, -0.2) is 9.97 Å². The van der Waals surface area contributed by atoms with Gasteiger partial charge in [-0.2, -0.15) is 13.8 Å². The minimum atomic E-state index is -2.95. The molecule has 0 aliphatic heterocycles. The summed E-state index contributed by atoms with van der Waals surface area (Å²) < 4.78 is 43.7. The van der Waals surface area contributed by atoms with Crippen LogP contribution < -0.4 is 15.0 Å². The number of imidazole rings is 1. The number of benzene rings is 2. The number of hydrogen-bond acceptors (Lipinski definition) is 7. The minimum Gasteiger partial charge on any atom is -0.464 e. The first-order chi connectivity index (χ1) is 17.9.